The molecule has 16 heavy (non-hydrogen) atoms. The lowest BCUT2D eigenvalue weighted by Gasteiger charge is -2.52. The smallest absolute Gasteiger partial charge is 0.0728 e. The molecule has 0 unspecified atom stereocenters. The molecule has 0 radical (unpaired) electrons. The van der Waals surface area contributed by atoms with Gasteiger partial charge in [0.15, 0.2) is 0 Å². The maximum atomic E-state index is 9.99. The van der Waals surface area contributed by atoms with Gasteiger partial charge in [0.1, 0.15) is 0 Å². The molecule has 2 fully saturated rings. The molecule has 2 saturated carbocycles. The Bertz CT molecular complexity index is 341. The third-order valence-electron chi connectivity index (χ3n) is 5.51. The monoisotopic (exact) mass is 220 g/mol. The van der Waals surface area contributed by atoms with E-state index < -0.39 is 0 Å². The van der Waals surface area contributed by atoms with E-state index in [4.69, 9.17) is 0 Å². The molecule has 1 heteroatoms. The van der Waals surface area contributed by atoms with Gasteiger partial charge in [0.05, 0.1) is 6.10 Å². The Balaban J connectivity index is 1.93. The van der Waals surface area contributed by atoms with Crippen molar-refractivity contribution in [3.63, 3.8) is 0 Å². The number of fused-ring (bicyclic) bond motifs is 4. The number of rotatable bonds is 0. The van der Waals surface area contributed by atoms with Crippen molar-refractivity contribution in [3.8, 4) is 0 Å². The number of aliphatic hydroxyl groups is 1. The molecule has 3 rings (SSSR count). The first-order chi connectivity index (χ1) is 7.40. The van der Waals surface area contributed by atoms with E-state index in [2.05, 4.69) is 26.8 Å². The molecule has 3 aliphatic rings. The molecule has 2 bridgehead atoms. The van der Waals surface area contributed by atoms with Crippen molar-refractivity contribution in [3.05, 3.63) is 11.6 Å². The minimum atomic E-state index is -0.170. The molecular formula is C15H24O. The van der Waals surface area contributed by atoms with Crippen LogP contribution in [-0.2, 0) is 0 Å². The lowest BCUT2D eigenvalue weighted by Crippen LogP contribution is -2.44. The van der Waals surface area contributed by atoms with Crippen molar-refractivity contribution in [2.24, 2.45) is 22.7 Å². The molecule has 0 aromatic rings. The average molecular weight is 220 g/mol. The first-order valence-electron chi connectivity index (χ1n) is 6.78. The van der Waals surface area contributed by atoms with Gasteiger partial charge in [-0.05, 0) is 54.8 Å². The second-order valence-corrected chi connectivity index (χ2v) is 7.44. The summed E-state index contributed by atoms with van der Waals surface area (Å²) in [5, 5.41) is 9.99. The summed E-state index contributed by atoms with van der Waals surface area (Å²) in [6.07, 6.45) is 8.27. The standard InChI is InChI=1S/C15H24O/c1-14(2)9-12-10-6-11(16)8-15(3,7-10)5-4-13(12)14/h6,11-13,16H,4-5,7-9H2,1-3H3/t11-,12-,13+,15+/m1/s1. The molecular weight excluding hydrogens is 196 g/mol. The maximum Gasteiger partial charge on any atom is 0.0728 e. The minimum absolute atomic E-state index is 0.170. The molecule has 0 spiro atoms. The first kappa shape index (κ1) is 10.8. The zero-order chi connectivity index (χ0) is 11.6. The largest absolute Gasteiger partial charge is 0.389 e. The number of hydrogen-bond donors (Lipinski definition) is 1. The van der Waals surface area contributed by atoms with Gasteiger partial charge >= 0.3 is 0 Å². The van der Waals surface area contributed by atoms with Gasteiger partial charge in [-0.3, -0.25) is 0 Å². The molecule has 0 heterocycles. The molecule has 0 aliphatic heterocycles. The quantitative estimate of drug-likeness (QED) is 0.619. The van der Waals surface area contributed by atoms with Crippen LogP contribution in [0.15, 0.2) is 11.6 Å². The molecule has 0 amide bonds. The summed E-state index contributed by atoms with van der Waals surface area (Å²) in [7, 11) is 0. The molecule has 0 saturated heterocycles. The van der Waals surface area contributed by atoms with Gasteiger partial charge in [0.25, 0.3) is 0 Å². The van der Waals surface area contributed by atoms with Gasteiger partial charge in [-0.15, -0.1) is 0 Å². The van der Waals surface area contributed by atoms with E-state index in [0.717, 1.165) is 18.3 Å². The molecule has 90 valence electrons. The highest BCUT2D eigenvalue weighted by Crippen LogP contribution is 2.61. The van der Waals surface area contributed by atoms with Crippen molar-refractivity contribution in [1.82, 2.24) is 0 Å². The van der Waals surface area contributed by atoms with E-state index >= 15 is 0 Å². The Labute approximate surface area is 98.9 Å². The van der Waals surface area contributed by atoms with Crippen molar-refractivity contribution in [2.45, 2.75) is 59.0 Å². The molecule has 1 nitrogen and oxygen atoms in total. The van der Waals surface area contributed by atoms with Gasteiger partial charge in [-0.25, -0.2) is 0 Å². The normalized spacial score (nSPS) is 49.8. The Morgan fingerprint density at radius 1 is 1.25 bits per heavy atom. The van der Waals surface area contributed by atoms with Crippen LogP contribution in [0, 0.1) is 22.7 Å². The Hall–Kier alpha value is -0.300. The number of aliphatic hydroxyl groups excluding tert-OH is 1. The highest BCUT2D eigenvalue weighted by Gasteiger charge is 2.52. The van der Waals surface area contributed by atoms with Crippen molar-refractivity contribution in [1.29, 1.82) is 0 Å². The summed E-state index contributed by atoms with van der Waals surface area (Å²) in [4.78, 5) is 0. The second-order valence-electron chi connectivity index (χ2n) is 7.44. The van der Waals surface area contributed by atoms with Crippen LogP contribution < -0.4 is 0 Å². The van der Waals surface area contributed by atoms with Crippen LogP contribution in [0.25, 0.3) is 0 Å². The lowest BCUT2D eigenvalue weighted by atomic mass is 9.53. The van der Waals surface area contributed by atoms with E-state index in [1.54, 1.807) is 5.57 Å². The van der Waals surface area contributed by atoms with E-state index in [9.17, 15) is 5.11 Å². The summed E-state index contributed by atoms with van der Waals surface area (Å²) >= 11 is 0. The minimum Gasteiger partial charge on any atom is -0.389 e. The molecule has 3 aliphatic carbocycles. The van der Waals surface area contributed by atoms with Gasteiger partial charge in [0.2, 0.25) is 0 Å². The van der Waals surface area contributed by atoms with Crippen molar-refractivity contribution < 1.29 is 5.11 Å². The fraction of sp³-hybridized carbons (Fsp3) is 0.867. The molecule has 4 atom stereocenters. The number of hydrogen-bond acceptors (Lipinski definition) is 1. The van der Waals surface area contributed by atoms with Crippen LogP contribution in [0.5, 0.6) is 0 Å². The van der Waals surface area contributed by atoms with Crippen molar-refractivity contribution in [2.75, 3.05) is 0 Å². The van der Waals surface area contributed by atoms with Gasteiger partial charge in [-0.1, -0.05) is 32.4 Å². The van der Waals surface area contributed by atoms with Crippen molar-refractivity contribution >= 4 is 0 Å². The zero-order valence-corrected chi connectivity index (χ0v) is 10.8. The van der Waals surface area contributed by atoms with Crippen LogP contribution >= 0.6 is 0 Å². The third kappa shape index (κ3) is 1.48. The lowest BCUT2D eigenvalue weighted by molar-refractivity contribution is 0.00655. The molecule has 0 aromatic heterocycles. The van der Waals surface area contributed by atoms with Crippen LogP contribution in [0.4, 0.5) is 0 Å². The SMILES string of the molecule is CC1(C)C[C@@H]2C3=C[C@@H](O)C[C@@](C)(CC[C@@H]21)C3. The Kier molecular flexibility index (Phi) is 2.12. The fourth-order valence-electron chi connectivity index (χ4n) is 4.61. The van der Waals surface area contributed by atoms with Gasteiger partial charge in [0, 0.05) is 0 Å². The third-order valence-corrected chi connectivity index (χ3v) is 5.51. The summed E-state index contributed by atoms with van der Waals surface area (Å²) in [5.41, 5.74) is 2.52. The highest BCUT2D eigenvalue weighted by molar-refractivity contribution is 5.24. The van der Waals surface area contributed by atoms with E-state index in [1.165, 1.54) is 25.7 Å². The summed E-state index contributed by atoms with van der Waals surface area (Å²) in [5.74, 6) is 1.68. The van der Waals surface area contributed by atoms with Crippen LogP contribution in [0.2, 0.25) is 0 Å². The maximum absolute atomic E-state index is 9.99. The van der Waals surface area contributed by atoms with Gasteiger partial charge < -0.3 is 5.11 Å². The average Bonchev–Trinajstić information content (AvgIpc) is 2.19. The second kappa shape index (κ2) is 3.13. The van der Waals surface area contributed by atoms with E-state index in [1.807, 2.05) is 0 Å². The fourth-order valence-corrected chi connectivity index (χ4v) is 4.61. The zero-order valence-electron chi connectivity index (χ0n) is 10.8. The summed E-state index contributed by atoms with van der Waals surface area (Å²) < 4.78 is 0. The number of allylic oxidation sites excluding steroid dienone is 1. The summed E-state index contributed by atoms with van der Waals surface area (Å²) in [6, 6.07) is 0. The molecule has 0 aromatic carbocycles. The Morgan fingerprint density at radius 3 is 2.69 bits per heavy atom. The van der Waals surface area contributed by atoms with Crippen LogP contribution in [0.1, 0.15) is 52.9 Å². The Morgan fingerprint density at radius 2 is 2.00 bits per heavy atom. The van der Waals surface area contributed by atoms with Crippen LogP contribution in [0.3, 0.4) is 0 Å². The van der Waals surface area contributed by atoms with E-state index in [0.29, 0.717) is 10.8 Å². The highest BCUT2D eigenvalue weighted by atomic mass is 16.3. The predicted molar refractivity (Wildman–Crippen MR) is 66.0 cm³/mol. The topological polar surface area (TPSA) is 20.2 Å². The predicted octanol–water partition coefficient (Wildman–Crippen LogP) is 3.53. The summed E-state index contributed by atoms with van der Waals surface area (Å²) in [6.45, 7) is 7.21. The first-order valence-corrected chi connectivity index (χ1v) is 6.78. The van der Waals surface area contributed by atoms with Crippen LogP contribution in [-0.4, -0.2) is 11.2 Å². The van der Waals surface area contributed by atoms with Gasteiger partial charge in [-0.2, -0.15) is 0 Å². The van der Waals surface area contributed by atoms with E-state index in [-0.39, 0.29) is 6.10 Å². The molecule has 1 N–H and O–H groups in total.